The summed E-state index contributed by atoms with van der Waals surface area (Å²) in [5, 5.41) is 0. The van der Waals surface area contributed by atoms with E-state index in [2.05, 4.69) is 124 Å². The van der Waals surface area contributed by atoms with Crippen LogP contribution in [0.1, 0.15) is 161 Å². The van der Waals surface area contributed by atoms with E-state index in [1.807, 2.05) is 32.1 Å². The maximum atomic E-state index is 6.34. The first-order chi connectivity index (χ1) is 32.6. The summed E-state index contributed by atoms with van der Waals surface area (Å²) in [6.07, 6.45) is 23.8. The zero-order valence-electron chi connectivity index (χ0n) is 40.8. The van der Waals surface area contributed by atoms with Crippen LogP contribution in [0.15, 0.2) is 103 Å². The number of hydrogen-bond donors (Lipinski definition) is 0. The smallest absolute Gasteiger partial charge is 0.394 e. The third-order valence-corrected chi connectivity index (χ3v) is 18.0. The van der Waals surface area contributed by atoms with E-state index in [-0.39, 0.29) is 5.41 Å². The van der Waals surface area contributed by atoms with Gasteiger partial charge in [-0.25, -0.2) is 0 Å². The SMILES string of the molecule is [CH2+]C1(C)OB(c2ccc(-c3ccc(-c4ccc(-c5ccc6c(c5)C(CCCCCCCCCC)(CCCCCCCCCC)c5cc(-c7ccccc7)ccc5-6)s4)c4nsnc34)s2)OC1(C)C. The van der Waals surface area contributed by atoms with E-state index in [0.717, 1.165) is 31.8 Å². The molecular formula is C59H70BN2O2S3+. The van der Waals surface area contributed by atoms with Gasteiger partial charge in [-0.05, 0) is 96.0 Å². The van der Waals surface area contributed by atoms with Crippen molar-refractivity contribution < 1.29 is 9.31 Å². The highest BCUT2D eigenvalue weighted by molar-refractivity contribution is 7.25. The van der Waals surface area contributed by atoms with Crippen molar-refractivity contribution in [3.63, 3.8) is 0 Å². The number of aromatic nitrogens is 2. The van der Waals surface area contributed by atoms with Gasteiger partial charge in [-0.15, -0.1) is 22.7 Å². The van der Waals surface area contributed by atoms with Crippen molar-refractivity contribution in [2.75, 3.05) is 0 Å². The maximum absolute atomic E-state index is 6.34. The molecule has 1 fully saturated rings. The summed E-state index contributed by atoms with van der Waals surface area (Å²) in [5.74, 6) is 0. The lowest BCUT2D eigenvalue weighted by molar-refractivity contribution is 0.0262. The Labute approximate surface area is 414 Å². The number of fused-ring (bicyclic) bond motifs is 4. The van der Waals surface area contributed by atoms with E-state index < -0.39 is 18.3 Å². The second-order valence-electron chi connectivity index (χ2n) is 20.2. The van der Waals surface area contributed by atoms with Crippen molar-refractivity contribution in [3.05, 3.63) is 121 Å². The molecule has 67 heavy (non-hydrogen) atoms. The van der Waals surface area contributed by atoms with Crippen molar-refractivity contribution >= 4 is 57.3 Å². The highest BCUT2D eigenvalue weighted by Gasteiger charge is 2.57. The van der Waals surface area contributed by atoms with Crippen molar-refractivity contribution in [1.82, 2.24) is 8.75 Å². The monoisotopic (exact) mass is 945 g/mol. The summed E-state index contributed by atoms with van der Waals surface area (Å²) >= 11 is 4.86. The first-order valence-electron chi connectivity index (χ1n) is 25.6. The topological polar surface area (TPSA) is 44.2 Å². The zero-order chi connectivity index (χ0) is 46.4. The molecule has 2 aliphatic rings. The molecule has 1 aliphatic heterocycles. The predicted octanol–water partition coefficient (Wildman–Crippen LogP) is 17.9. The van der Waals surface area contributed by atoms with Crippen LogP contribution in [0.25, 0.3) is 64.6 Å². The van der Waals surface area contributed by atoms with Gasteiger partial charge in [0.25, 0.3) is 0 Å². The number of rotatable bonds is 23. The molecule has 1 atom stereocenters. The molecular weight excluding hydrogens is 876 g/mol. The van der Waals surface area contributed by atoms with Crippen molar-refractivity contribution in [2.45, 2.75) is 167 Å². The first kappa shape index (κ1) is 48.0. The highest BCUT2D eigenvalue weighted by atomic mass is 32.1. The van der Waals surface area contributed by atoms with Gasteiger partial charge in [-0.1, -0.05) is 189 Å². The predicted molar refractivity (Wildman–Crippen MR) is 291 cm³/mol. The van der Waals surface area contributed by atoms with Crippen LogP contribution in [0, 0.1) is 6.92 Å². The summed E-state index contributed by atoms with van der Waals surface area (Å²) in [7, 11) is -0.440. The molecule has 7 aromatic rings. The third kappa shape index (κ3) is 10.2. The van der Waals surface area contributed by atoms with E-state index in [4.69, 9.17) is 18.1 Å². The average Bonchev–Trinajstić information content (AvgIpc) is 4.19. The van der Waals surface area contributed by atoms with Gasteiger partial charge in [-0.2, -0.15) is 8.75 Å². The average molecular weight is 946 g/mol. The van der Waals surface area contributed by atoms with Crippen LogP contribution in [0.4, 0.5) is 0 Å². The number of nitrogens with zero attached hydrogens (tertiary/aromatic N) is 2. The van der Waals surface area contributed by atoms with E-state index in [1.54, 1.807) is 22.5 Å². The van der Waals surface area contributed by atoms with Gasteiger partial charge in [0, 0.05) is 42.9 Å². The summed E-state index contributed by atoms with van der Waals surface area (Å²) in [5.41, 5.74) is 12.9. The number of benzene rings is 4. The summed E-state index contributed by atoms with van der Waals surface area (Å²) in [4.78, 5) is 3.65. The molecule has 9 rings (SSSR count). The fourth-order valence-corrected chi connectivity index (χ4v) is 13.3. The van der Waals surface area contributed by atoms with Crippen LogP contribution in [0.5, 0.6) is 0 Å². The van der Waals surface area contributed by atoms with Crippen LogP contribution < -0.4 is 4.78 Å². The molecule has 0 radical (unpaired) electrons. The van der Waals surface area contributed by atoms with Crippen molar-refractivity contribution in [1.29, 1.82) is 0 Å². The molecule has 348 valence electrons. The molecule has 1 unspecified atom stereocenters. The minimum Gasteiger partial charge on any atom is -0.394 e. The number of hydrogen-bond acceptors (Lipinski definition) is 7. The van der Waals surface area contributed by atoms with E-state index >= 15 is 0 Å². The molecule has 0 N–H and O–H groups in total. The van der Waals surface area contributed by atoms with Crippen molar-refractivity contribution in [2.24, 2.45) is 0 Å². The van der Waals surface area contributed by atoms with E-state index in [0.29, 0.717) is 0 Å². The van der Waals surface area contributed by atoms with Gasteiger partial charge in [-0.3, -0.25) is 0 Å². The fraction of sp³-hybridized carbons (Fsp3) is 0.441. The Morgan fingerprint density at radius 3 is 1.55 bits per heavy atom. The standard InChI is InChI=1S/C59H70BN2O2S3/c1-7-9-11-13-15-17-19-24-38-59(39-25-20-18-16-14-12-10-8-2)49-40-43(42-26-22-21-23-27-42)28-30-45(49)46-31-29-44(41-50(46)59)51-34-35-52(65-51)47-32-33-48(56-55(47)61-67-62-56)53-36-37-54(66-53)60-63-57(3,4)58(5,6)64-60/h21-23,26-37,40-41H,3,7-20,24-25,38-39H2,1-2,4-6H3/q+1. The first-order valence-corrected chi connectivity index (χ1v) is 28.0. The fourth-order valence-electron chi connectivity index (χ4n) is 10.7. The highest BCUT2D eigenvalue weighted by Crippen LogP contribution is 2.56. The van der Waals surface area contributed by atoms with Gasteiger partial charge in [0.05, 0.1) is 18.7 Å². The second-order valence-corrected chi connectivity index (χ2v) is 22.9. The van der Waals surface area contributed by atoms with Crippen LogP contribution in [-0.4, -0.2) is 27.1 Å². The molecule has 0 bridgehead atoms. The Hall–Kier alpha value is -4.05. The molecule has 0 spiro atoms. The molecule has 8 heteroatoms. The van der Waals surface area contributed by atoms with Crippen LogP contribution in [0.2, 0.25) is 0 Å². The van der Waals surface area contributed by atoms with Crippen LogP contribution in [-0.2, 0) is 14.7 Å². The Morgan fingerprint density at radius 2 is 0.985 bits per heavy atom. The van der Waals surface area contributed by atoms with Gasteiger partial charge in [0.15, 0.2) is 0 Å². The van der Waals surface area contributed by atoms with Gasteiger partial charge < -0.3 is 9.31 Å². The number of unbranched alkanes of at least 4 members (excludes halogenated alkanes) is 14. The largest absolute Gasteiger partial charge is 0.508 e. The Kier molecular flexibility index (Phi) is 15.3. The van der Waals surface area contributed by atoms with E-state index in [1.165, 1.54) is 165 Å². The summed E-state index contributed by atoms with van der Waals surface area (Å²) in [6.45, 7) is 15.0. The molecule has 1 saturated heterocycles. The van der Waals surface area contributed by atoms with Gasteiger partial charge in [0.2, 0.25) is 5.60 Å². The Balaban J connectivity index is 1.02. The zero-order valence-corrected chi connectivity index (χ0v) is 43.2. The quantitative estimate of drug-likeness (QED) is 0.0364. The molecule has 3 aromatic heterocycles. The minimum absolute atomic E-state index is 0.00872. The maximum Gasteiger partial charge on any atom is 0.508 e. The van der Waals surface area contributed by atoms with E-state index in [9.17, 15) is 0 Å². The molecule has 4 aromatic carbocycles. The van der Waals surface area contributed by atoms with Crippen LogP contribution >= 0.6 is 34.4 Å². The van der Waals surface area contributed by atoms with Gasteiger partial charge in [0.1, 0.15) is 16.6 Å². The van der Waals surface area contributed by atoms with Crippen LogP contribution in [0.3, 0.4) is 0 Å². The Morgan fingerprint density at radius 1 is 0.493 bits per heavy atom. The third-order valence-electron chi connectivity index (χ3n) is 15.1. The van der Waals surface area contributed by atoms with Crippen molar-refractivity contribution in [3.8, 4) is 53.6 Å². The minimum atomic E-state index is -0.629. The molecule has 0 saturated carbocycles. The molecule has 4 nitrogen and oxygen atoms in total. The lowest BCUT2D eigenvalue weighted by atomic mass is 9.70. The molecule has 4 heterocycles. The second kappa shape index (κ2) is 21.3. The molecule has 1 aliphatic carbocycles. The molecule has 0 amide bonds. The van der Waals surface area contributed by atoms with Gasteiger partial charge >= 0.3 is 7.12 Å². The lowest BCUT2D eigenvalue weighted by Gasteiger charge is -2.33. The summed E-state index contributed by atoms with van der Waals surface area (Å²) in [6, 6.07) is 39.3. The Bertz CT molecular complexity index is 2690. The number of thiophene rings is 2. The normalized spacial score (nSPS) is 17.1. The summed E-state index contributed by atoms with van der Waals surface area (Å²) < 4.78 is 23.5. The lowest BCUT2D eigenvalue weighted by Crippen LogP contribution is -2.42.